The van der Waals surface area contributed by atoms with Crippen molar-refractivity contribution in [1.29, 1.82) is 0 Å². The van der Waals surface area contributed by atoms with E-state index in [0.29, 0.717) is 35.8 Å². The molecule has 6 aromatic rings. The van der Waals surface area contributed by atoms with Gasteiger partial charge in [0.15, 0.2) is 23.0 Å². The highest BCUT2D eigenvalue weighted by Gasteiger charge is 2.12. The normalized spacial score (nSPS) is 11.0. The van der Waals surface area contributed by atoms with E-state index in [1.807, 2.05) is 73.1 Å². The fourth-order valence-corrected chi connectivity index (χ4v) is 5.27. The lowest BCUT2D eigenvalue weighted by atomic mass is 10.0. The quantitative estimate of drug-likeness (QED) is 0.166. The number of fused-ring (bicyclic) bond motifs is 2. The Morgan fingerprint density at radius 2 is 0.837 bits per heavy atom. The fourth-order valence-electron chi connectivity index (χ4n) is 5.27. The number of benzene rings is 4. The van der Waals surface area contributed by atoms with Crippen LogP contribution in [0.5, 0.6) is 34.5 Å². The van der Waals surface area contributed by atoms with Crippen molar-refractivity contribution >= 4 is 21.5 Å². The summed E-state index contributed by atoms with van der Waals surface area (Å²) in [7, 11) is 6.57. The van der Waals surface area contributed by atoms with E-state index in [0.717, 1.165) is 55.6 Å². The minimum atomic E-state index is 0.683. The number of rotatable bonds is 10. The Balaban J connectivity index is 1.14. The summed E-state index contributed by atoms with van der Waals surface area (Å²) in [4.78, 5) is 9.30. The lowest BCUT2D eigenvalue weighted by molar-refractivity contribution is 0.356. The molecule has 0 saturated carbocycles. The van der Waals surface area contributed by atoms with Crippen LogP contribution in [0.1, 0.15) is 22.5 Å². The zero-order valence-corrected chi connectivity index (χ0v) is 24.6. The molecule has 0 aliphatic carbocycles. The van der Waals surface area contributed by atoms with Gasteiger partial charge in [-0.2, -0.15) is 0 Å². The number of nitrogens with zero attached hydrogens (tertiary/aromatic N) is 2. The maximum atomic E-state index is 6.15. The molecule has 2 aromatic heterocycles. The Morgan fingerprint density at radius 1 is 0.465 bits per heavy atom. The molecule has 7 nitrogen and oxygen atoms in total. The van der Waals surface area contributed by atoms with Crippen molar-refractivity contribution in [3.05, 3.63) is 120 Å². The highest BCUT2D eigenvalue weighted by Crippen LogP contribution is 2.35. The van der Waals surface area contributed by atoms with Gasteiger partial charge in [-0.3, -0.25) is 9.97 Å². The third-order valence-corrected chi connectivity index (χ3v) is 7.53. The number of hydrogen-bond acceptors (Lipinski definition) is 7. The molecule has 216 valence electrons. The molecule has 7 heteroatoms. The number of methoxy groups -OCH3 is 4. The Morgan fingerprint density at radius 3 is 1.21 bits per heavy atom. The first-order valence-corrected chi connectivity index (χ1v) is 13.9. The summed E-state index contributed by atoms with van der Waals surface area (Å²) in [5, 5.41) is 4.20. The first kappa shape index (κ1) is 27.8. The summed E-state index contributed by atoms with van der Waals surface area (Å²) in [5.41, 5.74) is 4.21. The summed E-state index contributed by atoms with van der Waals surface area (Å²) in [6.45, 7) is 0. The van der Waals surface area contributed by atoms with Gasteiger partial charge in [-0.15, -0.1) is 0 Å². The summed E-state index contributed by atoms with van der Waals surface area (Å²) in [6, 6.07) is 28.1. The molecule has 43 heavy (non-hydrogen) atoms. The first-order chi connectivity index (χ1) is 21.1. The number of ether oxygens (including phenoxy) is 5. The van der Waals surface area contributed by atoms with Crippen LogP contribution in [0.3, 0.4) is 0 Å². The average molecular weight is 573 g/mol. The van der Waals surface area contributed by atoms with E-state index in [1.165, 1.54) is 0 Å². The number of pyridine rings is 2. The van der Waals surface area contributed by atoms with Crippen molar-refractivity contribution in [2.24, 2.45) is 0 Å². The standard InChI is InChI=1S/C36H32N2O5/c1-39-33-19-25-13-15-37-31(29(25)21-35(33)41-3)17-23-5-9-27(10-6-23)43-28-11-7-24(8-12-28)18-32-30-22-36(42-4)34(40-2)20-26(30)14-16-38-32/h5-16,19-22H,17-18H2,1-4H3. The molecule has 0 bridgehead atoms. The number of aromatic nitrogens is 2. The van der Waals surface area contributed by atoms with Crippen LogP contribution in [-0.4, -0.2) is 38.4 Å². The van der Waals surface area contributed by atoms with Gasteiger partial charge in [-0.05, 0) is 82.6 Å². The van der Waals surface area contributed by atoms with Crippen LogP contribution >= 0.6 is 0 Å². The molecule has 6 rings (SSSR count). The van der Waals surface area contributed by atoms with Crippen LogP contribution in [0.4, 0.5) is 0 Å². The molecule has 0 N–H and O–H groups in total. The molecule has 0 atom stereocenters. The largest absolute Gasteiger partial charge is 0.493 e. The summed E-state index contributed by atoms with van der Waals surface area (Å²) in [5.74, 6) is 4.32. The van der Waals surface area contributed by atoms with Gasteiger partial charge >= 0.3 is 0 Å². The van der Waals surface area contributed by atoms with Gasteiger partial charge < -0.3 is 23.7 Å². The molecule has 0 saturated heterocycles. The van der Waals surface area contributed by atoms with Crippen LogP contribution < -0.4 is 23.7 Å². The Kier molecular flexibility index (Phi) is 7.96. The SMILES string of the molecule is COc1cc2ccnc(Cc3ccc(Oc4ccc(Cc5nccc6cc(OC)c(OC)cc56)cc4)cc3)c2cc1OC. The molecular weight excluding hydrogens is 540 g/mol. The van der Waals surface area contributed by atoms with Gasteiger partial charge in [-0.1, -0.05) is 24.3 Å². The van der Waals surface area contributed by atoms with Crippen molar-refractivity contribution < 1.29 is 23.7 Å². The van der Waals surface area contributed by atoms with Gasteiger partial charge in [0.05, 0.1) is 39.8 Å². The van der Waals surface area contributed by atoms with Crippen molar-refractivity contribution in [2.75, 3.05) is 28.4 Å². The third kappa shape index (κ3) is 5.88. The van der Waals surface area contributed by atoms with E-state index < -0.39 is 0 Å². The second-order valence-corrected chi connectivity index (χ2v) is 10.1. The van der Waals surface area contributed by atoms with Crippen LogP contribution in [-0.2, 0) is 12.8 Å². The molecule has 4 aromatic carbocycles. The van der Waals surface area contributed by atoms with Gasteiger partial charge in [0.2, 0.25) is 0 Å². The maximum absolute atomic E-state index is 6.15. The molecule has 0 spiro atoms. The molecule has 0 unspecified atom stereocenters. The Hall–Kier alpha value is -5.30. The van der Waals surface area contributed by atoms with E-state index >= 15 is 0 Å². The Bertz CT molecular complexity index is 1750. The van der Waals surface area contributed by atoms with E-state index in [-0.39, 0.29) is 0 Å². The van der Waals surface area contributed by atoms with Crippen molar-refractivity contribution in [3.63, 3.8) is 0 Å². The third-order valence-electron chi connectivity index (χ3n) is 7.53. The average Bonchev–Trinajstić information content (AvgIpc) is 3.05. The van der Waals surface area contributed by atoms with Gasteiger partial charge in [-0.25, -0.2) is 0 Å². The minimum Gasteiger partial charge on any atom is -0.493 e. The van der Waals surface area contributed by atoms with Gasteiger partial charge in [0.1, 0.15) is 11.5 Å². The summed E-state index contributed by atoms with van der Waals surface area (Å²) < 4.78 is 28.1. The first-order valence-electron chi connectivity index (χ1n) is 13.9. The lowest BCUT2D eigenvalue weighted by Crippen LogP contribution is -1.97. The van der Waals surface area contributed by atoms with Crippen molar-refractivity contribution in [2.45, 2.75) is 12.8 Å². The molecule has 0 amide bonds. The predicted molar refractivity (Wildman–Crippen MR) is 168 cm³/mol. The lowest BCUT2D eigenvalue weighted by Gasteiger charge is -2.12. The topological polar surface area (TPSA) is 71.9 Å². The van der Waals surface area contributed by atoms with Crippen LogP contribution in [0.25, 0.3) is 21.5 Å². The predicted octanol–water partition coefficient (Wildman–Crippen LogP) is 7.79. The zero-order chi connectivity index (χ0) is 29.8. The van der Waals surface area contributed by atoms with Crippen molar-refractivity contribution in [1.82, 2.24) is 9.97 Å². The monoisotopic (exact) mass is 572 g/mol. The van der Waals surface area contributed by atoms with Gasteiger partial charge in [0.25, 0.3) is 0 Å². The molecule has 0 radical (unpaired) electrons. The number of hydrogen-bond donors (Lipinski definition) is 0. The maximum Gasteiger partial charge on any atom is 0.161 e. The van der Waals surface area contributed by atoms with Crippen LogP contribution in [0.2, 0.25) is 0 Å². The van der Waals surface area contributed by atoms with E-state index in [1.54, 1.807) is 28.4 Å². The molecule has 0 fully saturated rings. The summed E-state index contributed by atoms with van der Waals surface area (Å²) >= 11 is 0. The molecular formula is C36H32N2O5. The van der Waals surface area contributed by atoms with E-state index in [4.69, 9.17) is 23.7 Å². The van der Waals surface area contributed by atoms with E-state index in [2.05, 4.69) is 34.2 Å². The van der Waals surface area contributed by atoms with Gasteiger partial charge in [0, 0.05) is 36.0 Å². The molecule has 2 heterocycles. The summed E-state index contributed by atoms with van der Waals surface area (Å²) in [6.07, 6.45) is 5.02. The van der Waals surface area contributed by atoms with E-state index in [9.17, 15) is 0 Å². The molecule has 0 aliphatic heterocycles. The van der Waals surface area contributed by atoms with Crippen LogP contribution in [0, 0.1) is 0 Å². The minimum absolute atomic E-state index is 0.683. The second kappa shape index (κ2) is 12.3. The highest BCUT2D eigenvalue weighted by molar-refractivity contribution is 5.89. The second-order valence-electron chi connectivity index (χ2n) is 10.1. The van der Waals surface area contributed by atoms with Crippen LogP contribution in [0.15, 0.2) is 97.3 Å². The van der Waals surface area contributed by atoms with Crippen molar-refractivity contribution in [3.8, 4) is 34.5 Å². The highest BCUT2D eigenvalue weighted by atomic mass is 16.5. The fraction of sp³-hybridized carbons (Fsp3) is 0.167. The smallest absolute Gasteiger partial charge is 0.161 e. The molecule has 0 aliphatic rings. The Labute approximate surface area is 250 Å². The zero-order valence-electron chi connectivity index (χ0n) is 24.6.